The first kappa shape index (κ1) is 9.64. The molecule has 0 unspecified atom stereocenters. The molecule has 82 valence electrons. The molecule has 0 spiro atoms. The average molecular weight is 226 g/mol. The molecule has 0 aromatic carbocycles. The molecule has 2 fully saturated rings. The molecule has 4 heteroatoms. The Morgan fingerprint density at radius 2 is 1.93 bits per heavy atom. The van der Waals surface area contributed by atoms with E-state index in [-0.39, 0.29) is 0 Å². The summed E-state index contributed by atoms with van der Waals surface area (Å²) in [4.78, 5) is 0. The van der Waals surface area contributed by atoms with Crippen LogP contribution in [-0.2, 0) is 18.8 Å². The third kappa shape index (κ3) is 2.17. The highest BCUT2D eigenvalue weighted by Gasteiger charge is 2.28. The molecule has 0 N–H and O–H groups in total. The monoisotopic (exact) mass is 225 g/mol. The van der Waals surface area contributed by atoms with Crippen LogP contribution in [0, 0.1) is 11.8 Å². The molecule has 1 aromatic rings. The normalized spacial score (nSPS) is 20.9. The van der Waals surface area contributed by atoms with E-state index in [1.807, 2.05) is 0 Å². The Balaban J connectivity index is 1.79. The molecule has 3 nitrogen and oxygen atoms in total. The van der Waals surface area contributed by atoms with E-state index in [4.69, 9.17) is 11.6 Å². The third-order valence-corrected chi connectivity index (χ3v) is 3.60. The van der Waals surface area contributed by atoms with Gasteiger partial charge in [0.25, 0.3) is 0 Å². The standard InChI is InChI=1S/C11H16ClN3/c12-6-10-11(5-8-1-2-8)15(14-13-10)7-9-3-4-9/h8-9H,1-7H2. The van der Waals surface area contributed by atoms with Gasteiger partial charge in [-0.3, -0.25) is 0 Å². The molecule has 0 amide bonds. The molecule has 0 aliphatic heterocycles. The van der Waals surface area contributed by atoms with Gasteiger partial charge in [-0.05, 0) is 43.9 Å². The summed E-state index contributed by atoms with van der Waals surface area (Å²) in [5, 5.41) is 8.41. The van der Waals surface area contributed by atoms with Crippen molar-refractivity contribution in [1.82, 2.24) is 15.0 Å². The van der Waals surface area contributed by atoms with Crippen molar-refractivity contribution in [1.29, 1.82) is 0 Å². The van der Waals surface area contributed by atoms with Gasteiger partial charge in [-0.1, -0.05) is 5.21 Å². The first-order chi connectivity index (χ1) is 7.36. The molecule has 0 atom stereocenters. The molecule has 2 aliphatic rings. The molecule has 0 radical (unpaired) electrons. The number of hydrogen-bond donors (Lipinski definition) is 0. The van der Waals surface area contributed by atoms with Gasteiger partial charge in [0.15, 0.2) is 0 Å². The Hall–Kier alpha value is -0.570. The smallest absolute Gasteiger partial charge is 0.101 e. The summed E-state index contributed by atoms with van der Waals surface area (Å²) in [6, 6.07) is 0. The maximum atomic E-state index is 5.89. The van der Waals surface area contributed by atoms with Crippen LogP contribution in [0.15, 0.2) is 0 Å². The zero-order chi connectivity index (χ0) is 10.3. The second-order valence-electron chi connectivity index (χ2n) is 4.89. The van der Waals surface area contributed by atoms with Gasteiger partial charge in [-0.25, -0.2) is 4.68 Å². The second kappa shape index (κ2) is 3.78. The maximum absolute atomic E-state index is 5.89. The summed E-state index contributed by atoms with van der Waals surface area (Å²) in [6.07, 6.45) is 6.60. The van der Waals surface area contributed by atoms with Gasteiger partial charge in [0.05, 0.1) is 11.6 Å². The van der Waals surface area contributed by atoms with Crippen molar-refractivity contribution in [3.05, 3.63) is 11.4 Å². The van der Waals surface area contributed by atoms with E-state index in [2.05, 4.69) is 15.0 Å². The first-order valence-electron chi connectivity index (χ1n) is 5.84. The summed E-state index contributed by atoms with van der Waals surface area (Å²) in [6.45, 7) is 1.06. The van der Waals surface area contributed by atoms with Crippen LogP contribution < -0.4 is 0 Å². The fourth-order valence-electron chi connectivity index (χ4n) is 1.98. The Bertz CT molecular complexity index is 353. The third-order valence-electron chi connectivity index (χ3n) is 3.35. The second-order valence-corrected chi connectivity index (χ2v) is 5.16. The van der Waals surface area contributed by atoms with Crippen molar-refractivity contribution in [3.8, 4) is 0 Å². The molecule has 0 saturated heterocycles. The Labute approximate surface area is 94.8 Å². The fourth-order valence-corrected chi connectivity index (χ4v) is 2.19. The van der Waals surface area contributed by atoms with Crippen molar-refractivity contribution < 1.29 is 0 Å². The number of aromatic nitrogens is 3. The summed E-state index contributed by atoms with van der Waals surface area (Å²) in [5.74, 6) is 2.24. The molecule has 3 rings (SSSR count). The van der Waals surface area contributed by atoms with E-state index in [1.54, 1.807) is 0 Å². The number of rotatable bonds is 5. The van der Waals surface area contributed by atoms with Crippen LogP contribution in [0.4, 0.5) is 0 Å². The van der Waals surface area contributed by atoms with Crippen molar-refractivity contribution in [3.63, 3.8) is 0 Å². The van der Waals surface area contributed by atoms with E-state index in [9.17, 15) is 0 Å². The lowest BCUT2D eigenvalue weighted by Gasteiger charge is -2.05. The lowest BCUT2D eigenvalue weighted by atomic mass is 10.2. The minimum atomic E-state index is 0.507. The van der Waals surface area contributed by atoms with Gasteiger partial charge in [-0.2, -0.15) is 0 Å². The minimum Gasteiger partial charge on any atom is -0.249 e. The topological polar surface area (TPSA) is 30.7 Å². The van der Waals surface area contributed by atoms with Crippen molar-refractivity contribution >= 4 is 11.6 Å². The number of halogens is 1. The molecule has 2 saturated carbocycles. The summed E-state index contributed by atoms with van der Waals surface area (Å²) >= 11 is 5.89. The van der Waals surface area contributed by atoms with Gasteiger partial charge in [0.2, 0.25) is 0 Å². The highest BCUT2D eigenvalue weighted by Crippen LogP contribution is 2.35. The van der Waals surface area contributed by atoms with E-state index in [0.717, 1.165) is 30.5 Å². The largest absolute Gasteiger partial charge is 0.249 e. The predicted molar refractivity (Wildman–Crippen MR) is 58.7 cm³/mol. The molecule has 1 aromatic heterocycles. The van der Waals surface area contributed by atoms with E-state index < -0.39 is 0 Å². The molecule has 0 bridgehead atoms. The lowest BCUT2D eigenvalue weighted by Crippen LogP contribution is -2.08. The molecule has 2 aliphatic carbocycles. The molecule has 1 heterocycles. The van der Waals surface area contributed by atoms with Crippen molar-refractivity contribution in [2.24, 2.45) is 11.8 Å². The van der Waals surface area contributed by atoms with E-state index in [1.165, 1.54) is 31.4 Å². The number of alkyl halides is 1. The first-order valence-corrected chi connectivity index (χ1v) is 6.37. The molecular weight excluding hydrogens is 210 g/mol. The van der Waals surface area contributed by atoms with Crippen LogP contribution in [0.5, 0.6) is 0 Å². The van der Waals surface area contributed by atoms with Crippen LogP contribution in [0.1, 0.15) is 37.1 Å². The van der Waals surface area contributed by atoms with Crippen molar-refractivity contribution in [2.45, 2.75) is 44.5 Å². The van der Waals surface area contributed by atoms with Crippen LogP contribution in [0.3, 0.4) is 0 Å². The van der Waals surface area contributed by atoms with Gasteiger partial charge < -0.3 is 0 Å². The molecular formula is C11H16ClN3. The zero-order valence-corrected chi connectivity index (χ0v) is 9.58. The van der Waals surface area contributed by atoms with E-state index in [0.29, 0.717) is 5.88 Å². The maximum Gasteiger partial charge on any atom is 0.101 e. The van der Waals surface area contributed by atoms with Crippen molar-refractivity contribution in [2.75, 3.05) is 0 Å². The van der Waals surface area contributed by atoms with E-state index >= 15 is 0 Å². The Morgan fingerprint density at radius 3 is 2.53 bits per heavy atom. The van der Waals surface area contributed by atoms with Crippen LogP contribution >= 0.6 is 11.6 Å². The average Bonchev–Trinajstić information content (AvgIpc) is 3.09. The van der Waals surface area contributed by atoms with Gasteiger partial charge in [-0.15, -0.1) is 16.7 Å². The predicted octanol–water partition coefficient (Wildman–Crippen LogP) is 2.38. The fraction of sp³-hybridized carbons (Fsp3) is 0.818. The van der Waals surface area contributed by atoms with Crippen LogP contribution in [-0.4, -0.2) is 15.0 Å². The quantitative estimate of drug-likeness (QED) is 0.721. The number of nitrogens with zero attached hydrogens (tertiary/aromatic N) is 3. The highest BCUT2D eigenvalue weighted by atomic mass is 35.5. The Kier molecular flexibility index (Phi) is 2.43. The Morgan fingerprint density at radius 1 is 1.20 bits per heavy atom. The van der Waals surface area contributed by atoms with Crippen LogP contribution in [0.2, 0.25) is 0 Å². The van der Waals surface area contributed by atoms with Crippen LogP contribution in [0.25, 0.3) is 0 Å². The minimum absolute atomic E-state index is 0.507. The van der Waals surface area contributed by atoms with Gasteiger partial charge in [0, 0.05) is 6.54 Å². The number of hydrogen-bond acceptors (Lipinski definition) is 2. The summed E-state index contributed by atoms with van der Waals surface area (Å²) < 4.78 is 2.10. The van der Waals surface area contributed by atoms with Gasteiger partial charge >= 0.3 is 0 Å². The SMILES string of the molecule is ClCc1nnn(CC2CC2)c1CC1CC1. The summed E-state index contributed by atoms with van der Waals surface area (Å²) in [5.41, 5.74) is 2.31. The zero-order valence-electron chi connectivity index (χ0n) is 8.82. The highest BCUT2D eigenvalue weighted by molar-refractivity contribution is 6.16. The molecule has 15 heavy (non-hydrogen) atoms. The lowest BCUT2D eigenvalue weighted by molar-refractivity contribution is 0.517. The van der Waals surface area contributed by atoms with Gasteiger partial charge in [0.1, 0.15) is 5.69 Å². The summed E-state index contributed by atoms with van der Waals surface area (Å²) in [7, 11) is 0.